The molecule has 0 aromatic carbocycles. The molecule has 4 nitrogen and oxygen atoms in total. The van der Waals surface area contributed by atoms with Gasteiger partial charge in [-0.15, -0.1) is 0 Å². The molecule has 0 amide bonds. The number of carboxylic acids is 1. The van der Waals surface area contributed by atoms with Crippen LogP contribution in [0.4, 0.5) is 8.78 Å². The monoisotopic (exact) mass is 190 g/mol. The zero-order valence-electron chi connectivity index (χ0n) is 6.87. The average Bonchev–Trinajstić information content (AvgIpc) is 2.32. The molecule has 0 unspecified atom stereocenters. The van der Waals surface area contributed by atoms with E-state index in [0.29, 0.717) is 0 Å². The molecule has 0 aliphatic heterocycles. The number of hydrogen-bond donors (Lipinski definition) is 1. The van der Waals surface area contributed by atoms with Crippen LogP contribution in [0.1, 0.15) is 17.9 Å². The summed E-state index contributed by atoms with van der Waals surface area (Å²) in [5.74, 6) is -1.47. The average molecular weight is 190 g/mol. The Morgan fingerprint density at radius 2 is 2.38 bits per heavy atom. The molecule has 0 aliphatic carbocycles. The van der Waals surface area contributed by atoms with Gasteiger partial charge in [0, 0.05) is 18.9 Å². The van der Waals surface area contributed by atoms with E-state index in [-0.39, 0.29) is 12.1 Å². The van der Waals surface area contributed by atoms with E-state index in [1.165, 1.54) is 7.05 Å². The van der Waals surface area contributed by atoms with Crippen molar-refractivity contribution in [2.45, 2.75) is 12.8 Å². The number of rotatable bonds is 3. The number of alkyl halides is 2. The second-order valence-corrected chi connectivity index (χ2v) is 2.54. The Kier molecular flexibility index (Phi) is 2.60. The highest BCUT2D eigenvalue weighted by Gasteiger charge is 2.16. The molecule has 0 bridgehead atoms. The molecule has 1 heterocycles. The highest BCUT2D eigenvalue weighted by atomic mass is 19.3. The lowest BCUT2D eigenvalue weighted by atomic mass is 10.3. The first-order valence-corrected chi connectivity index (χ1v) is 3.52. The lowest BCUT2D eigenvalue weighted by Crippen LogP contribution is -2.07. The Bertz CT molecular complexity index is 322. The lowest BCUT2D eigenvalue weighted by molar-refractivity contribution is -0.136. The minimum absolute atomic E-state index is 0.266. The van der Waals surface area contributed by atoms with Crippen LogP contribution in [0.15, 0.2) is 6.20 Å². The highest BCUT2D eigenvalue weighted by molar-refractivity contribution is 5.69. The quantitative estimate of drug-likeness (QED) is 0.773. The third kappa shape index (κ3) is 2.01. The molecule has 0 aliphatic rings. The number of carbonyl (C=O) groups is 1. The number of carboxylic acid groups (broad SMARTS) is 1. The Morgan fingerprint density at radius 1 is 1.77 bits per heavy atom. The number of aromatic nitrogens is 2. The third-order valence-corrected chi connectivity index (χ3v) is 1.65. The summed E-state index contributed by atoms with van der Waals surface area (Å²) in [7, 11) is 1.37. The molecule has 0 saturated carbocycles. The van der Waals surface area contributed by atoms with Crippen molar-refractivity contribution in [1.82, 2.24) is 9.55 Å². The number of halogens is 2. The minimum atomic E-state index is -2.67. The molecular weight excluding hydrogens is 182 g/mol. The van der Waals surface area contributed by atoms with Crippen LogP contribution in [-0.4, -0.2) is 20.6 Å². The van der Waals surface area contributed by atoms with Gasteiger partial charge in [0.05, 0.1) is 6.42 Å². The van der Waals surface area contributed by atoms with Gasteiger partial charge in [-0.3, -0.25) is 4.79 Å². The summed E-state index contributed by atoms with van der Waals surface area (Å²) in [4.78, 5) is 13.7. The fourth-order valence-electron chi connectivity index (χ4n) is 0.983. The van der Waals surface area contributed by atoms with E-state index in [4.69, 9.17) is 5.11 Å². The van der Waals surface area contributed by atoms with Gasteiger partial charge in [0.2, 0.25) is 0 Å². The molecule has 72 valence electrons. The largest absolute Gasteiger partial charge is 0.481 e. The van der Waals surface area contributed by atoms with E-state index in [1.54, 1.807) is 0 Å². The normalized spacial score (nSPS) is 10.8. The SMILES string of the molecule is Cn1c(CC(=O)O)cnc1C(F)F. The molecular formula is C7H8F2N2O2. The van der Waals surface area contributed by atoms with Gasteiger partial charge in [0.1, 0.15) is 0 Å². The van der Waals surface area contributed by atoms with Crippen molar-refractivity contribution in [3.05, 3.63) is 17.7 Å². The summed E-state index contributed by atoms with van der Waals surface area (Å²) >= 11 is 0. The number of nitrogens with zero attached hydrogens (tertiary/aromatic N) is 2. The third-order valence-electron chi connectivity index (χ3n) is 1.65. The summed E-state index contributed by atoms with van der Waals surface area (Å²) < 4.78 is 25.4. The van der Waals surface area contributed by atoms with Gasteiger partial charge >= 0.3 is 5.97 Å². The van der Waals surface area contributed by atoms with Crippen molar-refractivity contribution in [3.63, 3.8) is 0 Å². The maximum atomic E-state index is 12.1. The number of aliphatic carboxylic acids is 1. The minimum Gasteiger partial charge on any atom is -0.481 e. The zero-order valence-corrected chi connectivity index (χ0v) is 6.87. The summed E-state index contributed by atoms with van der Waals surface area (Å²) in [5, 5.41) is 8.41. The van der Waals surface area contributed by atoms with Crippen LogP contribution < -0.4 is 0 Å². The Morgan fingerprint density at radius 3 is 2.77 bits per heavy atom. The predicted molar refractivity (Wildman–Crippen MR) is 39.5 cm³/mol. The van der Waals surface area contributed by atoms with Crippen LogP contribution in [0.25, 0.3) is 0 Å². The van der Waals surface area contributed by atoms with Gasteiger partial charge in [0.15, 0.2) is 5.82 Å². The van der Waals surface area contributed by atoms with Crippen molar-refractivity contribution >= 4 is 5.97 Å². The molecule has 0 fully saturated rings. The molecule has 1 N–H and O–H groups in total. The van der Waals surface area contributed by atoms with Crippen molar-refractivity contribution in [1.29, 1.82) is 0 Å². The van der Waals surface area contributed by atoms with Crippen molar-refractivity contribution in [2.75, 3.05) is 0 Å². The van der Waals surface area contributed by atoms with Crippen LogP contribution in [0.2, 0.25) is 0 Å². The van der Waals surface area contributed by atoms with E-state index < -0.39 is 18.2 Å². The van der Waals surface area contributed by atoms with Crippen LogP contribution in [-0.2, 0) is 18.3 Å². The summed E-state index contributed by atoms with van der Waals surface area (Å²) in [6.45, 7) is 0. The second kappa shape index (κ2) is 3.51. The molecule has 0 radical (unpaired) electrons. The molecule has 0 atom stereocenters. The first-order valence-electron chi connectivity index (χ1n) is 3.52. The van der Waals surface area contributed by atoms with E-state index in [0.717, 1.165) is 10.8 Å². The van der Waals surface area contributed by atoms with E-state index >= 15 is 0 Å². The molecule has 13 heavy (non-hydrogen) atoms. The maximum Gasteiger partial charge on any atom is 0.309 e. The van der Waals surface area contributed by atoms with Gasteiger partial charge in [-0.2, -0.15) is 0 Å². The van der Waals surface area contributed by atoms with Gasteiger partial charge in [-0.25, -0.2) is 13.8 Å². The highest BCUT2D eigenvalue weighted by Crippen LogP contribution is 2.17. The van der Waals surface area contributed by atoms with Crippen LogP contribution in [0, 0.1) is 0 Å². The molecule has 1 aromatic heterocycles. The predicted octanol–water partition coefficient (Wildman–Crippen LogP) is 0.985. The summed E-state index contributed by atoms with van der Waals surface area (Å²) in [5.41, 5.74) is 0.266. The lowest BCUT2D eigenvalue weighted by Gasteiger charge is -2.02. The second-order valence-electron chi connectivity index (χ2n) is 2.54. The summed E-state index contributed by atoms with van der Waals surface area (Å²) in [6.07, 6.45) is -1.82. The van der Waals surface area contributed by atoms with Crippen LogP contribution in [0.3, 0.4) is 0 Å². The fraction of sp³-hybridized carbons (Fsp3) is 0.429. The number of imidazole rings is 1. The van der Waals surface area contributed by atoms with Crippen LogP contribution in [0.5, 0.6) is 0 Å². The molecule has 6 heteroatoms. The summed E-state index contributed by atoms with van der Waals surface area (Å²) in [6, 6.07) is 0. The topological polar surface area (TPSA) is 55.1 Å². The van der Waals surface area contributed by atoms with E-state index in [9.17, 15) is 13.6 Å². The smallest absolute Gasteiger partial charge is 0.309 e. The number of hydrogen-bond acceptors (Lipinski definition) is 2. The Balaban J connectivity index is 2.92. The standard InChI is InChI=1S/C7H8F2N2O2/c1-11-4(2-5(12)13)3-10-7(11)6(8)9/h3,6H,2H2,1H3,(H,12,13). The van der Waals surface area contributed by atoms with E-state index in [1.807, 2.05) is 0 Å². The van der Waals surface area contributed by atoms with Crippen molar-refractivity contribution in [2.24, 2.45) is 7.05 Å². The van der Waals surface area contributed by atoms with Gasteiger partial charge in [-0.05, 0) is 0 Å². The Labute approximate surface area is 72.8 Å². The maximum absolute atomic E-state index is 12.1. The molecule has 1 aromatic rings. The first-order chi connectivity index (χ1) is 6.02. The molecule has 0 saturated heterocycles. The first kappa shape index (κ1) is 9.63. The zero-order chi connectivity index (χ0) is 10.0. The molecule has 1 rings (SSSR count). The van der Waals surface area contributed by atoms with Crippen LogP contribution >= 0.6 is 0 Å². The Hall–Kier alpha value is -1.46. The van der Waals surface area contributed by atoms with E-state index in [2.05, 4.69) is 4.98 Å². The van der Waals surface area contributed by atoms with Gasteiger partial charge in [0.25, 0.3) is 6.43 Å². The fourth-order valence-corrected chi connectivity index (χ4v) is 0.983. The van der Waals surface area contributed by atoms with Crippen molar-refractivity contribution in [3.8, 4) is 0 Å². The van der Waals surface area contributed by atoms with Gasteiger partial charge < -0.3 is 9.67 Å². The van der Waals surface area contributed by atoms with Gasteiger partial charge in [-0.1, -0.05) is 0 Å². The van der Waals surface area contributed by atoms with Crippen molar-refractivity contribution < 1.29 is 18.7 Å². The molecule has 0 spiro atoms.